The smallest absolute Gasteiger partial charge is 0.252 e. The highest BCUT2D eigenvalue weighted by molar-refractivity contribution is 9.11. The summed E-state index contributed by atoms with van der Waals surface area (Å²) < 4.78 is 7.05. The van der Waals surface area contributed by atoms with Gasteiger partial charge in [0.05, 0.1) is 11.7 Å². The number of methoxy groups -OCH3 is 1. The maximum atomic E-state index is 12.1. The lowest BCUT2D eigenvalue weighted by atomic mass is 10.2. The molecule has 0 radical (unpaired) electrons. The molecule has 2 rings (SSSR count). The molecule has 1 aliphatic carbocycles. The van der Waals surface area contributed by atoms with Crippen LogP contribution in [-0.4, -0.2) is 25.2 Å². The van der Waals surface area contributed by atoms with Crippen LogP contribution < -0.4 is 5.32 Å². The summed E-state index contributed by atoms with van der Waals surface area (Å²) >= 11 is 6.78. The molecule has 1 amide bonds. The Labute approximate surface area is 124 Å². The molecule has 5 heteroatoms. The Bertz CT molecular complexity index is 451. The van der Waals surface area contributed by atoms with Crippen LogP contribution in [0.3, 0.4) is 0 Å². The van der Waals surface area contributed by atoms with Crippen molar-refractivity contribution in [3.8, 4) is 0 Å². The molecule has 1 saturated carbocycles. The zero-order chi connectivity index (χ0) is 13.1. The van der Waals surface area contributed by atoms with E-state index in [-0.39, 0.29) is 18.1 Å². The van der Waals surface area contributed by atoms with Crippen molar-refractivity contribution in [2.75, 3.05) is 7.11 Å². The largest absolute Gasteiger partial charge is 0.381 e. The molecule has 1 N–H and O–H groups in total. The molecule has 1 fully saturated rings. The number of halogens is 2. The monoisotopic (exact) mass is 375 g/mol. The molecule has 18 heavy (non-hydrogen) atoms. The molecule has 1 aliphatic rings. The van der Waals surface area contributed by atoms with Gasteiger partial charge in [0, 0.05) is 22.1 Å². The fourth-order valence-electron chi connectivity index (χ4n) is 2.22. The third-order valence-electron chi connectivity index (χ3n) is 3.23. The average molecular weight is 377 g/mol. The Morgan fingerprint density at radius 1 is 1.39 bits per heavy atom. The van der Waals surface area contributed by atoms with E-state index in [9.17, 15) is 4.79 Å². The van der Waals surface area contributed by atoms with E-state index < -0.39 is 0 Å². The molecule has 0 saturated heterocycles. The first-order chi connectivity index (χ1) is 8.60. The van der Waals surface area contributed by atoms with Crippen LogP contribution in [0.1, 0.15) is 29.6 Å². The first kappa shape index (κ1) is 14.0. The van der Waals surface area contributed by atoms with Gasteiger partial charge >= 0.3 is 0 Å². The minimum atomic E-state index is -0.0314. The Morgan fingerprint density at radius 2 is 2.17 bits per heavy atom. The minimum Gasteiger partial charge on any atom is -0.381 e. The second kappa shape index (κ2) is 6.17. The third kappa shape index (κ3) is 3.33. The number of benzene rings is 1. The van der Waals surface area contributed by atoms with E-state index in [4.69, 9.17) is 4.74 Å². The van der Waals surface area contributed by atoms with Gasteiger partial charge in [0.2, 0.25) is 0 Å². The molecule has 1 aromatic rings. The van der Waals surface area contributed by atoms with E-state index in [0.29, 0.717) is 5.56 Å². The molecule has 2 unspecified atom stereocenters. The van der Waals surface area contributed by atoms with E-state index in [2.05, 4.69) is 37.2 Å². The number of hydrogen-bond acceptors (Lipinski definition) is 2. The molecule has 0 spiro atoms. The molecule has 98 valence electrons. The highest BCUT2D eigenvalue weighted by atomic mass is 79.9. The van der Waals surface area contributed by atoms with Crippen molar-refractivity contribution < 1.29 is 9.53 Å². The van der Waals surface area contributed by atoms with Gasteiger partial charge in [-0.2, -0.15) is 0 Å². The lowest BCUT2D eigenvalue weighted by molar-refractivity contribution is 0.0914. The van der Waals surface area contributed by atoms with Gasteiger partial charge in [-0.05, 0) is 53.4 Å². The molecular formula is C13H15Br2NO2. The molecule has 3 nitrogen and oxygen atoms in total. The zero-order valence-electron chi connectivity index (χ0n) is 10.1. The minimum absolute atomic E-state index is 0.0314. The maximum Gasteiger partial charge on any atom is 0.252 e. The van der Waals surface area contributed by atoms with Crippen LogP contribution in [0.25, 0.3) is 0 Å². The molecular weight excluding hydrogens is 362 g/mol. The van der Waals surface area contributed by atoms with Crippen LogP contribution in [0, 0.1) is 0 Å². The quantitative estimate of drug-likeness (QED) is 0.876. The van der Waals surface area contributed by atoms with E-state index >= 15 is 0 Å². The van der Waals surface area contributed by atoms with Gasteiger partial charge in [-0.15, -0.1) is 0 Å². The number of rotatable bonds is 3. The van der Waals surface area contributed by atoms with E-state index in [1.165, 1.54) is 0 Å². The predicted octanol–water partition coefficient (Wildman–Crippen LogP) is 3.51. The third-order valence-corrected chi connectivity index (χ3v) is 4.38. The Morgan fingerprint density at radius 3 is 2.78 bits per heavy atom. The maximum absolute atomic E-state index is 12.1. The highest BCUT2D eigenvalue weighted by Crippen LogP contribution is 2.24. The summed E-state index contributed by atoms with van der Waals surface area (Å²) in [5.74, 6) is -0.0314. The summed E-state index contributed by atoms with van der Waals surface area (Å²) in [6.45, 7) is 0. The van der Waals surface area contributed by atoms with Crippen molar-refractivity contribution in [1.29, 1.82) is 0 Å². The zero-order valence-corrected chi connectivity index (χ0v) is 13.3. The Kier molecular flexibility index (Phi) is 4.81. The predicted molar refractivity (Wildman–Crippen MR) is 77.7 cm³/mol. The van der Waals surface area contributed by atoms with Crippen molar-refractivity contribution in [3.63, 3.8) is 0 Å². The van der Waals surface area contributed by atoms with Crippen LogP contribution in [0.15, 0.2) is 27.1 Å². The highest BCUT2D eigenvalue weighted by Gasteiger charge is 2.26. The van der Waals surface area contributed by atoms with Gasteiger partial charge in [0.15, 0.2) is 0 Å². The van der Waals surface area contributed by atoms with Gasteiger partial charge in [-0.25, -0.2) is 0 Å². The van der Waals surface area contributed by atoms with Crippen molar-refractivity contribution in [2.45, 2.75) is 31.4 Å². The summed E-state index contributed by atoms with van der Waals surface area (Å²) in [4.78, 5) is 12.1. The van der Waals surface area contributed by atoms with E-state index in [0.717, 1.165) is 28.2 Å². The molecule has 0 aromatic heterocycles. The molecule has 0 aliphatic heterocycles. The fourth-order valence-corrected chi connectivity index (χ4v) is 3.45. The lowest BCUT2D eigenvalue weighted by Gasteiger charge is -2.13. The van der Waals surface area contributed by atoms with E-state index in [1.54, 1.807) is 7.11 Å². The molecule has 0 bridgehead atoms. The Balaban J connectivity index is 2.00. The normalized spacial score (nSPS) is 23.1. The summed E-state index contributed by atoms with van der Waals surface area (Å²) in [5.41, 5.74) is 0.666. The fraction of sp³-hybridized carbons (Fsp3) is 0.462. The topological polar surface area (TPSA) is 38.3 Å². The van der Waals surface area contributed by atoms with Gasteiger partial charge in [-0.1, -0.05) is 15.9 Å². The number of carbonyl (C=O) groups is 1. The lowest BCUT2D eigenvalue weighted by Crippen LogP contribution is -2.33. The summed E-state index contributed by atoms with van der Waals surface area (Å²) in [6.07, 6.45) is 3.18. The summed E-state index contributed by atoms with van der Waals surface area (Å²) in [6, 6.07) is 5.78. The van der Waals surface area contributed by atoms with Crippen LogP contribution in [-0.2, 0) is 4.74 Å². The van der Waals surface area contributed by atoms with Crippen LogP contribution in [0.4, 0.5) is 0 Å². The molecule has 1 aromatic carbocycles. The van der Waals surface area contributed by atoms with Crippen molar-refractivity contribution >= 4 is 37.8 Å². The Hall–Kier alpha value is -0.390. The van der Waals surface area contributed by atoms with Crippen LogP contribution in [0.5, 0.6) is 0 Å². The second-order valence-electron chi connectivity index (χ2n) is 4.47. The number of ether oxygens (including phenoxy) is 1. The van der Waals surface area contributed by atoms with Crippen molar-refractivity contribution in [3.05, 3.63) is 32.7 Å². The van der Waals surface area contributed by atoms with Crippen molar-refractivity contribution in [2.24, 2.45) is 0 Å². The van der Waals surface area contributed by atoms with Gasteiger partial charge in [0.25, 0.3) is 5.91 Å². The first-order valence-corrected chi connectivity index (χ1v) is 7.47. The summed E-state index contributed by atoms with van der Waals surface area (Å²) in [7, 11) is 1.72. The van der Waals surface area contributed by atoms with E-state index in [1.807, 2.05) is 18.2 Å². The number of carbonyl (C=O) groups excluding carboxylic acids is 1. The SMILES string of the molecule is COC1CCC(NC(=O)c2ccc(Br)cc2Br)C1. The van der Waals surface area contributed by atoms with Crippen LogP contribution >= 0.6 is 31.9 Å². The number of amides is 1. The first-order valence-electron chi connectivity index (χ1n) is 5.89. The number of nitrogens with one attached hydrogen (secondary N) is 1. The van der Waals surface area contributed by atoms with Crippen molar-refractivity contribution in [1.82, 2.24) is 5.32 Å². The second-order valence-corrected chi connectivity index (χ2v) is 6.24. The molecule has 0 heterocycles. The van der Waals surface area contributed by atoms with Gasteiger partial charge in [0.1, 0.15) is 0 Å². The average Bonchev–Trinajstić information content (AvgIpc) is 2.76. The number of hydrogen-bond donors (Lipinski definition) is 1. The van der Waals surface area contributed by atoms with Gasteiger partial charge in [-0.3, -0.25) is 4.79 Å². The molecule has 2 atom stereocenters. The van der Waals surface area contributed by atoms with Crippen LogP contribution in [0.2, 0.25) is 0 Å². The standard InChI is InChI=1S/C13H15Br2NO2/c1-18-10-4-3-9(7-10)16-13(17)11-5-2-8(14)6-12(11)15/h2,5-6,9-10H,3-4,7H2,1H3,(H,16,17). The van der Waals surface area contributed by atoms with Gasteiger partial charge < -0.3 is 10.1 Å². The summed E-state index contributed by atoms with van der Waals surface area (Å²) in [5, 5.41) is 3.06.